The molecule has 0 radical (unpaired) electrons. The van der Waals surface area contributed by atoms with Crippen molar-refractivity contribution < 1.29 is 0 Å². The lowest BCUT2D eigenvalue weighted by atomic mass is 10.2. The first kappa shape index (κ1) is 19.6. The lowest BCUT2D eigenvalue weighted by Crippen LogP contribution is -2.04. The van der Waals surface area contributed by atoms with Crippen LogP contribution in [-0.2, 0) is 0 Å². The first-order valence-electron chi connectivity index (χ1n) is 9.14. The summed E-state index contributed by atoms with van der Waals surface area (Å²) in [5, 5.41) is 19.8. The molecule has 3 aromatic heterocycles. The molecule has 0 aliphatic rings. The monoisotopic (exact) mass is 463 g/mol. The van der Waals surface area contributed by atoms with Crippen LogP contribution < -0.4 is 11.1 Å². The molecule has 0 saturated heterocycles. The zero-order valence-corrected chi connectivity index (χ0v) is 18.5. The smallest absolute Gasteiger partial charge is 0.178 e. The number of anilines is 3. The number of hydrogen-bond donors (Lipinski definition) is 2. The van der Waals surface area contributed by atoms with Gasteiger partial charge < -0.3 is 11.1 Å². The number of benzene rings is 2. The van der Waals surface area contributed by atoms with Crippen LogP contribution in [0.2, 0.25) is 5.02 Å². The summed E-state index contributed by atoms with van der Waals surface area (Å²) in [7, 11) is 0. The third kappa shape index (κ3) is 3.35. The number of nitrogens with two attached hydrogens (primary N) is 1. The normalized spacial score (nSPS) is 11.1. The van der Waals surface area contributed by atoms with Gasteiger partial charge in [0.2, 0.25) is 0 Å². The highest BCUT2D eigenvalue weighted by molar-refractivity contribution is 7.98. The maximum absolute atomic E-state index is 9.80. The van der Waals surface area contributed by atoms with E-state index in [1.54, 1.807) is 28.0 Å². The molecule has 0 aliphatic heterocycles. The van der Waals surface area contributed by atoms with Gasteiger partial charge in [-0.25, -0.2) is 14.5 Å². The number of rotatable bonds is 4. The van der Waals surface area contributed by atoms with Crippen LogP contribution >= 0.6 is 34.7 Å². The second kappa shape index (κ2) is 7.74. The number of halogens is 1. The highest BCUT2D eigenvalue weighted by atomic mass is 35.5. The molecule has 0 aliphatic carbocycles. The van der Waals surface area contributed by atoms with E-state index in [0.717, 1.165) is 25.9 Å². The van der Waals surface area contributed by atoms with Gasteiger partial charge in [-0.2, -0.15) is 5.26 Å². The van der Waals surface area contributed by atoms with Gasteiger partial charge in [0.25, 0.3) is 0 Å². The minimum atomic E-state index is 0.311. The van der Waals surface area contributed by atoms with Crippen LogP contribution in [-0.4, -0.2) is 25.8 Å². The minimum absolute atomic E-state index is 0.311. The Morgan fingerprint density at radius 3 is 2.65 bits per heavy atom. The summed E-state index contributed by atoms with van der Waals surface area (Å²) in [6, 6.07) is 17.3. The number of para-hydroxylation sites is 1. The predicted molar refractivity (Wildman–Crippen MR) is 127 cm³/mol. The number of fused-ring (bicyclic) bond motifs is 2. The molecule has 5 rings (SSSR count). The number of thioether (sulfide) groups is 1. The Balaban J connectivity index is 1.71. The molecule has 152 valence electrons. The summed E-state index contributed by atoms with van der Waals surface area (Å²) < 4.78 is 2.71. The van der Waals surface area contributed by atoms with Crippen LogP contribution in [0.4, 0.5) is 17.3 Å². The van der Waals surface area contributed by atoms with E-state index in [4.69, 9.17) is 22.3 Å². The fourth-order valence-corrected chi connectivity index (χ4v) is 5.19. The maximum atomic E-state index is 9.80. The number of thiazole rings is 1. The summed E-state index contributed by atoms with van der Waals surface area (Å²) >= 11 is 8.99. The van der Waals surface area contributed by atoms with Gasteiger partial charge in [-0.15, -0.1) is 28.2 Å². The van der Waals surface area contributed by atoms with Gasteiger partial charge in [0.15, 0.2) is 11.5 Å². The molecule has 0 amide bonds. The van der Waals surface area contributed by atoms with Gasteiger partial charge in [0.05, 0.1) is 15.8 Å². The Morgan fingerprint density at radius 2 is 1.94 bits per heavy atom. The van der Waals surface area contributed by atoms with Crippen molar-refractivity contribution in [3.63, 3.8) is 0 Å². The van der Waals surface area contributed by atoms with Crippen molar-refractivity contribution in [2.24, 2.45) is 0 Å². The molecule has 3 N–H and O–H groups in total. The lowest BCUT2D eigenvalue weighted by molar-refractivity contribution is 0.854. The summed E-state index contributed by atoms with van der Waals surface area (Å²) in [4.78, 5) is 9.26. The minimum Gasteiger partial charge on any atom is -0.383 e. The van der Waals surface area contributed by atoms with Crippen molar-refractivity contribution in [2.75, 3.05) is 17.3 Å². The molecule has 5 aromatic rings. The van der Waals surface area contributed by atoms with Crippen LogP contribution in [0, 0.1) is 11.3 Å². The Morgan fingerprint density at radius 1 is 1.16 bits per heavy atom. The van der Waals surface area contributed by atoms with E-state index in [2.05, 4.69) is 21.5 Å². The van der Waals surface area contributed by atoms with E-state index in [1.807, 2.05) is 42.7 Å². The van der Waals surface area contributed by atoms with Crippen LogP contribution in [0.1, 0.15) is 5.56 Å². The van der Waals surface area contributed by atoms with Gasteiger partial charge in [-0.3, -0.25) is 0 Å². The molecule has 10 heteroatoms. The number of nitrogens with one attached hydrogen (secondary N) is 1. The lowest BCUT2D eigenvalue weighted by Gasteiger charge is -2.09. The highest BCUT2D eigenvalue weighted by Crippen LogP contribution is 2.40. The predicted octanol–water partition coefficient (Wildman–Crippen LogP) is 5.58. The molecule has 0 spiro atoms. The van der Waals surface area contributed by atoms with Crippen molar-refractivity contribution in [1.82, 2.24) is 19.6 Å². The molecular formula is C21H14ClN7S2. The van der Waals surface area contributed by atoms with Crippen LogP contribution in [0.15, 0.2) is 53.6 Å². The fourth-order valence-electron chi connectivity index (χ4n) is 3.27. The molecule has 0 saturated carbocycles. The van der Waals surface area contributed by atoms with Crippen LogP contribution in [0.5, 0.6) is 0 Å². The van der Waals surface area contributed by atoms with E-state index in [1.165, 1.54) is 11.8 Å². The van der Waals surface area contributed by atoms with Crippen LogP contribution in [0.3, 0.4) is 0 Å². The largest absolute Gasteiger partial charge is 0.383 e. The quantitative estimate of drug-likeness (QED) is 0.265. The fraction of sp³-hybridized carbons (Fsp3) is 0.0476. The standard InChI is InChI=1S/C21H14ClN7S2/c1-30-21-16(20-26-14-4-2-3-5-15(14)31-20)17(24)27-19-13(10-23)18(28-29(19)21)25-12-8-6-11(22)7-9-12/h2-9H,1H3,(H2,24,27)(H,25,28). The Bertz CT molecular complexity index is 1450. The second-order valence-corrected chi connectivity index (χ2v) is 8.83. The van der Waals surface area contributed by atoms with Crippen molar-refractivity contribution in [1.29, 1.82) is 5.26 Å². The van der Waals surface area contributed by atoms with E-state index in [9.17, 15) is 5.26 Å². The van der Waals surface area contributed by atoms with Gasteiger partial charge in [0, 0.05) is 10.7 Å². The van der Waals surface area contributed by atoms with Crippen molar-refractivity contribution in [3.8, 4) is 16.6 Å². The number of hydrogen-bond acceptors (Lipinski definition) is 8. The summed E-state index contributed by atoms with van der Waals surface area (Å²) in [6.45, 7) is 0. The van der Waals surface area contributed by atoms with Crippen molar-refractivity contribution in [3.05, 3.63) is 59.1 Å². The average Bonchev–Trinajstić information content (AvgIpc) is 3.34. The van der Waals surface area contributed by atoms with Gasteiger partial charge in [-0.05, 0) is 42.7 Å². The van der Waals surface area contributed by atoms with Crippen molar-refractivity contribution >= 4 is 67.9 Å². The van der Waals surface area contributed by atoms with Gasteiger partial charge in [-0.1, -0.05) is 23.7 Å². The molecule has 0 unspecified atom stereocenters. The third-order valence-corrected chi connectivity index (χ3v) is 6.74. The number of nitriles is 1. The van der Waals surface area contributed by atoms with Gasteiger partial charge in [0.1, 0.15) is 27.5 Å². The van der Waals surface area contributed by atoms with E-state index >= 15 is 0 Å². The third-order valence-electron chi connectivity index (χ3n) is 4.67. The van der Waals surface area contributed by atoms with Gasteiger partial charge >= 0.3 is 0 Å². The molecule has 2 aromatic carbocycles. The number of nitrogen functional groups attached to an aromatic ring is 1. The maximum Gasteiger partial charge on any atom is 0.178 e. The number of nitrogens with zero attached hydrogens (tertiary/aromatic N) is 5. The van der Waals surface area contributed by atoms with Crippen LogP contribution in [0.25, 0.3) is 26.4 Å². The van der Waals surface area contributed by atoms with Crippen molar-refractivity contribution in [2.45, 2.75) is 5.03 Å². The molecule has 31 heavy (non-hydrogen) atoms. The molecular weight excluding hydrogens is 450 g/mol. The molecule has 7 nitrogen and oxygen atoms in total. The van der Waals surface area contributed by atoms with E-state index in [-0.39, 0.29) is 0 Å². The molecule has 0 bridgehead atoms. The molecule has 3 heterocycles. The summed E-state index contributed by atoms with van der Waals surface area (Å²) in [5.41, 5.74) is 9.46. The topological polar surface area (TPSA) is 105 Å². The SMILES string of the molecule is CSc1c(-c2nc3ccccc3s2)c(N)nc2c(C#N)c(Nc3ccc(Cl)cc3)nn12. The summed E-state index contributed by atoms with van der Waals surface area (Å²) in [5.74, 6) is 0.707. The second-order valence-electron chi connectivity index (χ2n) is 6.57. The first-order valence-corrected chi connectivity index (χ1v) is 11.6. The molecule has 0 fully saturated rings. The highest BCUT2D eigenvalue weighted by Gasteiger charge is 2.23. The number of aromatic nitrogens is 4. The Labute approximate surface area is 190 Å². The zero-order chi connectivity index (χ0) is 21.5. The zero-order valence-electron chi connectivity index (χ0n) is 16.1. The summed E-state index contributed by atoms with van der Waals surface area (Å²) in [6.07, 6.45) is 1.94. The van der Waals surface area contributed by atoms with E-state index in [0.29, 0.717) is 33.4 Å². The Kier molecular flexibility index (Phi) is 4.90. The average molecular weight is 464 g/mol. The molecule has 0 atom stereocenters. The first-order chi connectivity index (χ1) is 15.1. The van der Waals surface area contributed by atoms with E-state index < -0.39 is 0 Å². The Hall–Kier alpha value is -3.32.